The van der Waals surface area contributed by atoms with Gasteiger partial charge in [-0.05, 0) is 55.6 Å². The topological polar surface area (TPSA) is 125 Å². The van der Waals surface area contributed by atoms with Crippen molar-refractivity contribution in [2.75, 3.05) is 35.3 Å². The number of anilines is 4. The van der Waals surface area contributed by atoms with Crippen LogP contribution < -0.4 is 21.3 Å². The lowest BCUT2D eigenvalue weighted by atomic mass is 9.98. The van der Waals surface area contributed by atoms with Crippen molar-refractivity contribution in [1.82, 2.24) is 15.3 Å². The van der Waals surface area contributed by atoms with Crippen LogP contribution in [0.3, 0.4) is 0 Å². The van der Waals surface area contributed by atoms with Crippen LogP contribution in [0.5, 0.6) is 0 Å². The number of fused-ring (bicyclic) bond motifs is 1. The lowest BCUT2D eigenvalue weighted by molar-refractivity contribution is -0.137. The molecule has 1 unspecified atom stereocenters. The number of hydrogen-bond acceptors (Lipinski definition) is 8. The Balaban J connectivity index is 1.65. The Bertz CT molecular complexity index is 1170. The third-order valence-corrected chi connectivity index (χ3v) is 7.06. The van der Waals surface area contributed by atoms with E-state index in [1.165, 1.54) is 0 Å². The second kappa shape index (κ2) is 8.78. The number of nitrogens with one attached hydrogen (secondary N) is 4. The summed E-state index contributed by atoms with van der Waals surface area (Å²) in [6.07, 6.45) is -1.96. The van der Waals surface area contributed by atoms with E-state index in [1.807, 2.05) is 0 Å². The number of piperidine rings is 1. The van der Waals surface area contributed by atoms with Gasteiger partial charge in [0.05, 0.1) is 6.42 Å². The van der Waals surface area contributed by atoms with E-state index in [0.717, 1.165) is 11.8 Å². The number of rotatable bonds is 6. The molecule has 33 heavy (non-hydrogen) atoms. The van der Waals surface area contributed by atoms with E-state index in [-0.39, 0.29) is 24.2 Å². The highest BCUT2D eigenvalue weighted by Gasteiger charge is 2.38. The van der Waals surface area contributed by atoms with Crippen LogP contribution in [-0.2, 0) is 27.2 Å². The fourth-order valence-electron chi connectivity index (χ4n) is 4.05. The Hall–Kier alpha value is -2.93. The first-order valence-corrected chi connectivity index (χ1v) is 12.3. The van der Waals surface area contributed by atoms with E-state index >= 15 is 0 Å². The maximum atomic E-state index is 13.6. The fraction of sp³-hybridized carbons (Fsp3) is 0.450. The zero-order valence-corrected chi connectivity index (χ0v) is 18.5. The van der Waals surface area contributed by atoms with Gasteiger partial charge in [-0.15, -0.1) is 0 Å². The van der Waals surface area contributed by atoms with Gasteiger partial charge in [0, 0.05) is 23.8 Å². The van der Waals surface area contributed by atoms with Crippen LogP contribution in [0.25, 0.3) is 0 Å². The zero-order valence-electron chi connectivity index (χ0n) is 17.7. The van der Waals surface area contributed by atoms with E-state index in [4.69, 9.17) is 0 Å². The van der Waals surface area contributed by atoms with Gasteiger partial charge in [-0.3, -0.25) is 4.79 Å². The number of alkyl halides is 3. The lowest BCUT2D eigenvalue weighted by Gasteiger charge is -2.31. The first kappa shape index (κ1) is 23.2. The van der Waals surface area contributed by atoms with Crippen LogP contribution in [0.15, 0.2) is 24.4 Å². The molecule has 9 nitrogen and oxygen atoms in total. The molecule has 3 heterocycles. The molecule has 1 amide bonds. The average Bonchev–Trinajstić information content (AvgIpc) is 3.10. The summed E-state index contributed by atoms with van der Waals surface area (Å²) in [5, 5.41) is 9.97. The van der Waals surface area contributed by atoms with E-state index in [9.17, 15) is 26.4 Å². The third kappa shape index (κ3) is 5.36. The minimum Gasteiger partial charge on any atom is -0.353 e. The summed E-state index contributed by atoms with van der Waals surface area (Å²) in [5.41, 5.74) is 0.728. The monoisotopic (exact) mass is 484 g/mol. The number of aromatic nitrogens is 2. The maximum Gasteiger partial charge on any atom is 0.421 e. The van der Waals surface area contributed by atoms with E-state index in [1.54, 1.807) is 18.2 Å². The molecule has 0 saturated carbocycles. The van der Waals surface area contributed by atoms with Crippen LogP contribution in [0.4, 0.5) is 36.3 Å². The molecule has 1 aromatic carbocycles. The molecule has 1 fully saturated rings. The molecular weight excluding hydrogens is 461 g/mol. The highest BCUT2D eigenvalue weighted by atomic mass is 32.2. The van der Waals surface area contributed by atoms with Crippen molar-refractivity contribution in [3.05, 3.63) is 35.5 Å². The molecule has 0 spiro atoms. The van der Waals surface area contributed by atoms with Crippen molar-refractivity contribution < 1.29 is 26.4 Å². The summed E-state index contributed by atoms with van der Waals surface area (Å²) < 4.78 is 65.8. The van der Waals surface area contributed by atoms with Gasteiger partial charge in [-0.1, -0.05) is 0 Å². The number of benzene rings is 1. The Morgan fingerprint density at radius 3 is 2.61 bits per heavy atom. The van der Waals surface area contributed by atoms with Crippen LogP contribution in [-0.4, -0.2) is 49.0 Å². The Morgan fingerprint density at radius 1 is 1.21 bits per heavy atom. The Morgan fingerprint density at radius 2 is 1.94 bits per heavy atom. The standard InChI is InChI=1S/C20H23F3N6O3S/c1-33(31,32)18(11-4-6-24-7-5-11)28-17-14(20(21,22)23)10-25-19(29-17)26-13-2-3-15-12(8-13)9-16(30)27-15/h2-3,8,10-11,18,24H,4-7,9H2,1H3,(H,27,30)(H2,25,26,28,29). The second-order valence-electron chi connectivity index (χ2n) is 8.16. The minimum atomic E-state index is -4.78. The number of nitrogens with zero attached hydrogens (tertiary/aromatic N) is 2. The van der Waals surface area contributed by atoms with Gasteiger partial charge < -0.3 is 21.3 Å². The molecule has 1 aromatic heterocycles. The highest BCUT2D eigenvalue weighted by Crippen LogP contribution is 2.36. The molecule has 2 aliphatic rings. The molecule has 1 atom stereocenters. The van der Waals surface area contributed by atoms with Crippen LogP contribution in [0, 0.1) is 5.92 Å². The zero-order chi connectivity index (χ0) is 23.8. The molecule has 4 N–H and O–H groups in total. The van der Waals surface area contributed by atoms with Gasteiger partial charge >= 0.3 is 6.18 Å². The minimum absolute atomic E-state index is 0.139. The molecule has 0 radical (unpaired) electrons. The summed E-state index contributed by atoms with van der Waals surface area (Å²) in [6.45, 7) is 1.16. The van der Waals surface area contributed by atoms with Crippen LogP contribution in [0.2, 0.25) is 0 Å². The van der Waals surface area contributed by atoms with Gasteiger partial charge in [0.25, 0.3) is 0 Å². The van der Waals surface area contributed by atoms with E-state index in [0.29, 0.717) is 43.5 Å². The van der Waals surface area contributed by atoms with Crippen molar-refractivity contribution >= 4 is 38.9 Å². The van der Waals surface area contributed by atoms with Crippen molar-refractivity contribution in [3.63, 3.8) is 0 Å². The number of sulfone groups is 1. The summed E-state index contributed by atoms with van der Waals surface area (Å²) in [4.78, 5) is 19.3. The molecule has 13 heteroatoms. The number of carbonyl (C=O) groups excluding carboxylic acids is 1. The van der Waals surface area contributed by atoms with Gasteiger partial charge in [0.1, 0.15) is 16.8 Å². The number of hydrogen-bond donors (Lipinski definition) is 4. The SMILES string of the molecule is CS(=O)(=O)C(Nc1nc(Nc2ccc3c(c2)CC(=O)N3)ncc1C(F)(F)F)C1CCNCC1. The summed E-state index contributed by atoms with van der Waals surface area (Å²) in [6, 6.07) is 4.98. The van der Waals surface area contributed by atoms with Crippen LogP contribution >= 0.6 is 0 Å². The molecular formula is C20H23F3N6O3S. The highest BCUT2D eigenvalue weighted by molar-refractivity contribution is 7.91. The summed E-state index contributed by atoms with van der Waals surface area (Å²) in [7, 11) is -3.73. The third-order valence-electron chi connectivity index (χ3n) is 5.63. The predicted molar refractivity (Wildman–Crippen MR) is 117 cm³/mol. The van der Waals surface area contributed by atoms with Crippen molar-refractivity contribution in [3.8, 4) is 0 Å². The second-order valence-corrected chi connectivity index (χ2v) is 10.3. The smallest absolute Gasteiger partial charge is 0.353 e. The van der Waals surface area contributed by atoms with Crippen molar-refractivity contribution in [2.24, 2.45) is 5.92 Å². The van der Waals surface area contributed by atoms with E-state index in [2.05, 4.69) is 31.2 Å². The number of amides is 1. The normalized spacial score (nSPS) is 17.9. The van der Waals surface area contributed by atoms with E-state index < -0.39 is 32.8 Å². The fourth-order valence-corrected chi connectivity index (χ4v) is 5.35. The molecule has 0 aliphatic carbocycles. The summed E-state index contributed by atoms with van der Waals surface area (Å²) >= 11 is 0. The maximum absolute atomic E-state index is 13.6. The molecule has 2 aromatic rings. The van der Waals surface area contributed by atoms with Gasteiger partial charge in [-0.2, -0.15) is 18.2 Å². The molecule has 0 bridgehead atoms. The van der Waals surface area contributed by atoms with Gasteiger partial charge in [0.2, 0.25) is 11.9 Å². The molecule has 2 aliphatic heterocycles. The summed E-state index contributed by atoms with van der Waals surface area (Å²) in [5.74, 6) is -1.26. The number of halogens is 3. The first-order valence-electron chi connectivity index (χ1n) is 10.3. The lowest BCUT2D eigenvalue weighted by Crippen LogP contribution is -2.42. The Kier molecular flexibility index (Phi) is 6.18. The van der Waals surface area contributed by atoms with Crippen molar-refractivity contribution in [1.29, 1.82) is 0 Å². The predicted octanol–water partition coefficient (Wildman–Crippen LogP) is 2.52. The van der Waals surface area contributed by atoms with Gasteiger partial charge in [0.15, 0.2) is 9.84 Å². The van der Waals surface area contributed by atoms with Crippen LogP contribution in [0.1, 0.15) is 24.0 Å². The first-order chi connectivity index (χ1) is 15.5. The Labute approximate surface area is 188 Å². The number of carbonyl (C=O) groups is 1. The quantitative estimate of drug-likeness (QED) is 0.493. The van der Waals surface area contributed by atoms with Gasteiger partial charge in [-0.25, -0.2) is 13.4 Å². The largest absolute Gasteiger partial charge is 0.421 e. The molecule has 1 saturated heterocycles. The average molecular weight is 485 g/mol. The molecule has 178 valence electrons. The van der Waals surface area contributed by atoms with Crippen molar-refractivity contribution in [2.45, 2.75) is 30.8 Å². The molecule has 4 rings (SSSR count).